The van der Waals surface area contributed by atoms with E-state index in [1.54, 1.807) is 0 Å². The average Bonchev–Trinajstić information content (AvgIpc) is 2.79. The maximum absolute atomic E-state index is 13.4. The molecule has 2 saturated heterocycles. The Morgan fingerprint density at radius 1 is 0.935 bits per heavy atom. The lowest BCUT2D eigenvalue weighted by atomic mass is 9.87. The molecule has 2 amide bonds. The second kappa shape index (κ2) is 9.77. The lowest BCUT2D eigenvalue weighted by Gasteiger charge is -2.47. The fourth-order valence-electron chi connectivity index (χ4n) is 4.93. The maximum Gasteiger partial charge on any atom is 0.320 e. The van der Waals surface area contributed by atoms with E-state index in [1.165, 1.54) is 24.3 Å². The highest BCUT2D eigenvalue weighted by Gasteiger charge is 2.36. The summed E-state index contributed by atoms with van der Waals surface area (Å²) < 4.78 is 26.8. The topological polar surface area (TPSA) is 26.8 Å². The van der Waals surface area contributed by atoms with Gasteiger partial charge in [-0.15, -0.1) is 0 Å². The number of benzene rings is 2. The van der Waals surface area contributed by atoms with Gasteiger partial charge in [0.15, 0.2) is 0 Å². The SMILES string of the molecule is CCN1CCC2CN(CCCC(c3ccc(F)cc3)c3ccc(F)cc3)CCN2C1=O. The standard InChI is InChI=1S/C25H31F2N3O/c1-2-29-15-13-23-18-28(16-17-30(23)25(29)31)14-3-4-24(19-5-9-21(26)10-6-19)20-7-11-22(27)12-8-20/h5-12,23-24H,2-4,13-18H2,1H3. The Morgan fingerprint density at radius 3 is 2.13 bits per heavy atom. The van der Waals surface area contributed by atoms with Gasteiger partial charge in [0.05, 0.1) is 0 Å². The fraction of sp³-hybridized carbons (Fsp3) is 0.480. The highest BCUT2D eigenvalue weighted by atomic mass is 19.1. The van der Waals surface area contributed by atoms with Gasteiger partial charge < -0.3 is 9.80 Å². The first-order valence-corrected chi connectivity index (χ1v) is 11.3. The Balaban J connectivity index is 1.36. The summed E-state index contributed by atoms with van der Waals surface area (Å²) in [4.78, 5) is 19.0. The molecule has 166 valence electrons. The molecule has 0 bridgehead atoms. The molecule has 2 aliphatic heterocycles. The molecule has 4 rings (SSSR count). The van der Waals surface area contributed by atoms with Crippen molar-refractivity contribution in [2.75, 3.05) is 39.3 Å². The summed E-state index contributed by atoms with van der Waals surface area (Å²) in [5.41, 5.74) is 2.10. The number of halogens is 2. The van der Waals surface area contributed by atoms with E-state index in [-0.39, 0.29) is 23.6 Å². The third kappa shape index (κ3) is 5.06. The lowest BCUT2D eigenvalue weighted by molar-refractivity contribution is 0.0450. The second-order valence-corrected chi connectivity index (χ2v) is 8.60. The van der Waals surface area contributed by atoms with Crippen molar-refractivity contribution in [1.29, 1.82) is 0 Å². The molecule has 2 aromatic carbocycles. The third-order valence-electron chi connectivity index (χ3n) is 6.71. The van der Waals surface area contributed by atoms with Crippen LogP contribution in [0, 0.1) is 11.6 Å². The second-order valence-electron chi connectivity index (χ2n) is 8.60. The zero-order valence-corrected chi connectivity index (χ0v) is 18.1. The smallest absolute Gasteiger partial charge is 0.320 e. The van der Waals surface area contributed by atoms with Crippen LogP contribution in [0.5, 0.6) is 0 Å². The predicted octanol–water partition coefficient (Wildman–Crippen LogP) is 4.71. The van der Waals surface area contributed by atoms with Crippen molar-refractivity contribution in [3.05, 3.63) is 71.3 Å². The highest BCUT2D eigenvalue weighted by Crippen LogP contribution is 2.30. The van der Waals surface area contributed by atoms with Crippen LogP contribution in [-0.4, -0.2) is 66.0 Å². The van der Waals surface area contributed by atoms with E-state index in [2.05, 4.69) is 4.90 Å². The number of rotatable bonds is 7. The number of urea groups is 1. The van der Waals surface area contributed by atoms with Gasteiger partial charge in [-0.3, -0.25) is 4.90 Å². The van der Waals surface area contributed by atoms with Crippen molar-refractivity contribution < 1.29 is 13.6 Å². The Hall–Kier alpha value is -2.47. The quantitative estimate of drug-likeness (QED) is 0.640. The molecule has 0 N–H and O–H groups in total. The minimum atomic E-state index is -0.247. The van der Waals surface area contributed by atoms with Crippen LogP contribution in [0.15, 0.2) is 48.5 Å². The molecule has 6 heteroatoms. The number of nitrogens with zero attached hydrogens (tertiary/aromatic N) is 3. The van der Waals surface area contributed by atoms with Gasteiger partial charge in [-0.05, 0) is 68.1 Å². The molecule has 31 heavy (non-hydrogen) atoms. The Morgan fingerprint density at radius 2 is 1.55 bits per heavy atom. The zero-order chi connectivity index (χ0) is 21.8. The zero-order valence-electron chi connectivity index (χ0n) is 18.1. The van der Waals surface area contributed by atoms with Crippen molar-refractivity contribution >= 4 is 6.03 Å². The van der Waals surface area contributed by atoms with Gasteiger partial charge in [-0.1, -0.05) is 24.3 Å². The highest BCUT2D eigenvalue weighted by molar-refractivity contribution is 5.75. The normalized spacial score (nSPS) is 19.7. The minimum absolute atomic E-state index is 0.108. The average molecular weight is 428 g/mol. The van der Waals surface area contributed by atoms with E-state index in [0.717, 1.165) is 69.7 Å². The maximum atomic E-state index is 13.4. The third-order valence-corrected chi connectivity index (χ3v) is 6.71. The van der Waals surface area contributed by atoms with Gasteiger partial charge in [0.25, 0.3) is 0 Å². The number of carbonyl (C=O) groups excluding carboxylic acids is 1. The van der Waals surface area contributed by atoms with Gasteiger partial charge >= 0.3 is 6.03 Å². The number of amides is 2. The van der Waals surface area contributed by atoms with Crippen molar-refractivity contribution in [3.8, 4) is 0 Å². The molecule has 2 fully saturated rings. The van der Waals surface area contributed by atoms with Crippen molar-refractivity contribution in [1.82, 2.24) is 14.7 Å². The lowest BCUT2D eigenvalue weighted by Crippen LogP contribution is -2.62. The molecule has 1 atom stereocenters. The van der Waals surface area contributed by atoms with Crippen molar-refractivity contribution in [2.45, 2.75) is 38.1 Å². The Bertz CT molecular complexity index is 826. The van der Waals surface area contributed by atoms with Gasteiger partial charge in [0.2, 0.25) is 0 Å². The monoisotopic (exact) mass is 427 g/mol. The van der Waals surface area contributed by atoms with Crippen LogP contribution in [0.1, 0.15) is 43.2 Å². The number of piperazine rings is 1. The first-order valence-electron chi connectivity index (χ1n) is 11.3. The molecule has 1 unspecified atom stereocenters. The Labute approximate surface area is 183 Å². The molecule has 0 aliphatic carbocycles. The summed E-state index contributed by atoms with van der Waals surface area (Å²) in [6.45, 7) is 7.25. The molecule has 0 radical (unpaired) electrons. The van der Waals surface area contributed by atoms with Gasteiger partial charge in [-0.2, -0.15) is 0 Å². The number of fused-ring (bicyclic) bond motifs is 1. The Kier molecular flexibility index (Phi) is 6.86. The number of hydrogen-bond acceptors (Lipinski definition) is 2. The summed E-state index contributed by atoms with van der Waals surface area (Å²) in [7, 11) is 0. The van der Waals surface area contributed by atoms with Crippen LogP contribution in [0.3, 0.4) is 0 Å². The predicted molar refractivity (Wildman–Crippen MR) is 118 cm³/mol. The van der Waals surface area contributed by atoms with E-state index in [0.29, 0.717) is 6.04 Å². The van der Waals surface area contributed by atoms with Crippen LogP contribution >= 0.6 is 0 Å². The first kappa shape index (κ1) is 21.8. The molecule has 0 saturated carbocycles. The molecule has 2 heterocycles. The molecule has 0 spiro atoms. The van der Waals surface area contributed by atoms with E-state index < -0.39 is 0 Å². The van der Waals surface area contributed by atoms with E-state index in [1.807, 2.05) is 41.0 Å². The van der Waals surface area contributed by atoms with Crippen molar-refractivity contribution in [2.24, 2.45) is 0 Å². The first-order chi connectivity index (χ1) is 15.0. The van der Waals surface area contributed by atoms with Crippen molar-refractivity contribution in [3.63, 3.8) is 0 Å². The van der Waals surface area contributed by atoms with Gasteiger partial charge in [-0.25, -0.2) is 13.6 Å². The number of carbonyl (C=O) groups is 1. The molecule has 4 nitrogen and oxygen atoms in total. The van der Waals surface area contributed by atoms with E-state index in [4.69, 9.17) is 0 Å². The van der Waals surface area contributed by atoms with Crippen LogP contribution in [0.4, 0.5) is 13.6 Å². The molecule has 2 aliphatic rings. The van der Waals surface area contributed by atoms with E-state index >= 15 is 0 Å². The van der Waals surface area contributed by atoms with Crippen LogP contribution in [0.2, 0.25) is 0 Å². The van der Waals surface area contributed by atoms with Gasteiger partial charge in [0, 0.05) is 44.7 Å². The minimum Gasteiger partial charge on any atom is -0.325 e. The number of hydrogen-bond donors (Lipinski definition) is 0. The largest absolute Gasteiger partial charge is 0.325 e. The molecular formula is C25H31F2N3O. The molecule has 2 aromatic rings. The van der Waals surface area contributed by atoms with Crippen LogP contribution in [-0.2, 0) is 0 Å². The summed E-state index contributed by atoms with van der Waals surface area (Å²) in [6, 6.07) is 13.8. The summed E-state index contributed by atoms with van der Waals surface area (Å²) in [6.07, 6.45) is 2.93. The van der Waals surface area contributed by atoms with E-state index in [9.17, 15) is 13.6 Å². The summed E-state index contributed by atoms with van der Waals surface area (Å²) in [5.74, 6) is -0.386. The molecular weight excluding hydrogens is 396 g/mol. The van der Waals surface area contributed by atoms with Crippen LogP contribution < -0.4 is 0 Å². The van der Waals surface area contributed by atoms with Crippen LogP contribution in [0.25, 0.3) is 0 Å². The summed E-state index contributed by atoms with van der Waals surface area (Å²) >= 11 is 0. The molecule has 0 aromatic heterocycles. The van der Waals surface area contributed by atoms with Gasteiger partial charge in [0.1, 0.15) is 11.6 Å². The fourth-order valence-corrected chi connectivity index (χ4v) is 4.93. The summed E-state index contributed by atoms with van der Waals surface area (Å²) in [5, 5.41) is 0.